The zero-order valence-electron chi connectivity index (χ0n) is 15.2. The molecule has 3 heterocycles. The summed E-state index contributed by atoms with van der Waals surface area (Å²) in [5.74, 6) is 0.699. The standard InChI is InChI=1S/C17H27N5O3/c1-17(2,3)25-16(24)22-6-4-14-12(9-22)8-19-15(20-14)21-7-5-18-13(10-21)11-23/h8,13,18,23H,4-7,9-11H2,1-3H3. The number of anilines is 1. The summed E-state index contributed by atoms with van der Waals surface area (Å²) in [4.78, 5) is 25.2. The van der Waals surface area contributed by atoms with Gasteiger partial charge >= 0.3 is 6.09 Å². The fourth-order valence-electron chi connectivity index (χ4n) is 3.07. The summed E-state index contributed by atoms with van der Waals surface area (Å²) in [6, 6.07) is 0.0519. The maximum atomic E-state index is 12.2. The second-order valence-corrected chi connectivity index (χ2v) is 7.57. The van der Waals surface area contributed by atoms with Crippen molar-refractivity contribution in [1.29, 1.82) is 0 Å². The second-order valence-electron chi connectivity index (χ2n) is 7.57. The largest absolute Gasteiger partial charge is 0.444 e. The Kier molecular flexibility index (Phi) is 5.10. The first-order chi connectivity index (χ1) is 11.9. The number of aromatic nitrogens is 2. The Morgan fingerprint density at radius 3 is 2.96 bits per heavy atom. The molecule has 0 spiro atoms. The van der Waals surface area contributed by atoms with E-state index in [1.165, 1.54) is 0 Å². The molecule has 8 heteroatoms. The Morgan fingerprint density at radius 1 is 1.44 bits per heavy atom. The molecule has 1 aromatic rings. The molecule has 2 aliphatic heterocycles. The monoisotopic (exact) mass is 349 g/mol. The Hall–Kier alpha value is -1.93. The predicted molar refractivity (Wildman–Crippen MR) is 93.5 cm³/mol. The maximum Gasteiger partial charge on any atom is 0.410 e. The van der Waals surface area contributed by atoms with Gasteiger partial charge in [0.15, 0.2) is 0 Å². The number of nitrogens with zero attached hydrogens (tertiary/aromatic N) is 4. The van der Waals surface area contributed by atoms with E-state index in [2.05, 4.69) is 15.2 Å². The topological polar surface area (TPSA) is 90.8 Å². The van der Waals surface area contributed by atoms with Crippen molar-refractivity contribution >= 4 is 12.0 Å². The molecule has 0 bridgehead atoms. The average molecular weight is 349 g/mol. The molecule has 1 saturated heterocycles. The number of ether oxygens (including phenoxy) is 1. The summed E-state index contributed by atoms with van der Waals surface area (Å²) in [6.45, 7) is 9.09. The first kappa shape index (κ1) is 17.9. The van der Waals surface area contributed by atoms with Crippen LogP contribution in [-0.4, -0.2) is 70.5 Å². The summed E-state index contributed by atoms with van der Waals surface area (Å²) in [5.41, 5.74) is 1.46. The molecule has 1 unspecified atom stereocenters. The van der Waals surface area contributed by atoms with Crippen molar-refractivity contribution in [3.05, 3.63) is 17.5 Å². The number of rotatable bonds is 2. The quantitative estimate of drug-likeness (QED) is 0.805. The van der Waals surface area contributed by atoms with Crippen molar-refractivity contribution in [1.82, 2.24) is 20.2 Å². The number of nitrogens with one attached hydrogen (secondary N) is 1. The summed E-state index contributed by atoms with van der Waals surface area (Å²) in [5, 5.41) is 12.6. The van der Waals surface area contributed by atoms with Crippen molar-refractivity contribution in [3.63, 3.8) is 0 Å². The fraction of sp³-hybridized carbons (Fsp3) is 0.706. The van der Waals surface area contributed by atoms with E-state index in [-0.39, 0.29) is 18.7 Å². The highest BCUT2D eigenvalue weighted by Gasteiger charge is 2.28. The molecular weight excluding hydrogens is 322 g/mol. The van der Waals surface area contributed by atoms with E-state index in [1.54, 1.807) is 4.90 Å². The molecule has 2 N–H and O–H groups in total. The molecule has 0 aromatic carbocycles. The van der Waals surface area contributed by atoms with Crippen LogP contribution in [0.4, 0.5) is 10.7 Å². The van der Waals surface area contributed by atoms with E-state index in [4.69, 9.17) is 9.72 Å². The van der Waals surface area contributed by atoms with Gasteiger partial charge in [0.05, 0.1) is 18.8 Å². The molecule has 3 rings (SSSR count). The van der Waals surface area contributed by atoms with E-state index < -0.39 is 5.60 Å². The number of hydrogen-bond acceptors (Lipinski definition) is 7. The van der Waals surface area contributed by atoms with Crippen LogP contribution in [0.25, 0.3) is 0 Å². The number of hydrogen-bond donors (Lipinski definition) is 2. The Balaban J connectivity index is 1.68. The first-order valence-electron chi connectivity index (χ1n) is 8.77. The number of fused-ring (bicyclic) bond motifs is 1. The van der Waals surface area contributed by atoms with Gasteiger partial charge < -0.3 is 25.0 Å². The third kappa shape index (κ3) is 4.38. The number of aliphatic hydroxyl groups excluding tert-OH is 1. The molecule has 0 saturated carbocycles. The van der Waals surface area contributed by atoms with E-state index in [9.17, 15) is 9.90 Å². The Bertz CT molecular complexity index is 631. The Morgan fingerprint density at radius 2 is 2.24 bits per heavy atom. The molecule has 2 aliphatic rings. The number of carbonyl (C=O) groups excluding carboxylic acids is 1. The van der Waals surface area contributed by atoms with Crippen molar-refractivity contribution in [2.45, 2.75) is 45.4 Å². The van der Waals surface area contributed by atoms with Gasteiger partial charge in [0.2, 0.25) is 5.95 Å². The molecule has 1 atom stereocenters. The molecule has 138 valence electrons. The molecule has 25 heavy (non-hydrogen) atoms. The number of piperazine rings is 1. The minimum atomic E-state index is -0.497. The van der Waals surface area contributed by atoms with Crippen molar-refractivity contribution in [3.8, 4) is 0 Å². The number of amides is 1. The molecule has 1 fully saturated rings. The van der Waals surface area contributed by atoms with Crippen LogP contribution in [0.15, 0.2) is 6.20 Å². The van der Waals surface area contributed by atoms with Gasteiger partial charge in [-0.1, -0.05) is 0 Å². The highest BCUT2D eigenvalue weighted by Crippen LogP contribution is 2.21. The summed E-state index contributed by atoms with van der Waals surface area (Å²) in [7, 11) is 0. The van der Waals surface area contributed by atoms with Gasteiger partial charge in [-0.15, -0.1) is 0 Å². The van der Waals surface area contributed by atoms with Crippen molar-refractivity contribution < 1.29 is 14.6 Å². The van der Waals surface area contributed by atoms with Gasteiger partial charge in [0.1, 0.15) is 5.60 Å². The van der Waals surface area contributed by atoms with E-state index in [1.807, 2.05) is 27.0 Å². The lowest BCUT2D eigenvalue weighted by molar-refractivity contribution is 0.0222. The van der Waals surface area contributed by atoms with Crippen LogP contribution < -0.4 is 10.2 Å². The van der Waals surface area contributed by atoms with Crippen LogP contribution >= 0.6 is 0 Å². The van der Waals surface area contributed by atoms with Gasteiger partial charge in [-0.2, -0.15) is 0 Å². The minimum Gasteiger partial charge on any atom is -0.444 e. The van der Waals surface area contributed by atoms with E-state index >= 15 is 0 Å². The lowest BCUT2D eigenvalue weighted by Crippen LogP contribution is -2.53. The lowest BCUT2D eigenvalue weighted by atomic mass is 10.1. The van der Waals surface area contributed by atoms with Crippen LogP contribution in [0.5, 0.6) is 0 Å². The first-order valence-corrected chi connectivity index (χ1v) is 8.77. The van der Waals surface area contributed by atoms with Crippen LogP contribution in [0.1, 0.15) is 32.0 Å². The SMILES string of the molecule is CC(C)(C)OC(=O)N1CCc2nc(N3CCNC(CO)C3)ncc2C1. The molecule has 8 nitrogen and oxygen atoms in total. The zero-order valence-corrected chi connectivity index (χ0v) is 15.2. The number of carbonyl (C=O) groups is 1. The molecule has 0 aliphatic carbocycles. The van der Waals surface area contributed by atoms with E-state index in [0.29, 0.717) is 32.0 Å². The predicted octanol–water partition coefficient (Wildman–Crippen LogP) is 0.540. The maximum absolute atomic E-state index is 12.2. The molecular formula is C17H27N5O3. The van der Waals surface area contributed by atoms with Crippen LogP contribution in [0.2, 0.25) is 0 Å². The zero-order chi connectivity index (χ0) is 18.0. The normalized spacial score (nSPS) is 21.0. The van der Waals surface area contributed by atoms with Gasteiger partial charge in [0, 0.05) is 50.4 Å². The van der Waals surface area contributed by atoms with E-state index in [0.717, 1.165) is 24.3 Å². The van der Waals surface area contributed by atoms with Crippen molar-refractivity contribution in [2.24, 2.45) is 0 Å². The highest BCUT2D eigenvalue weighted by atomic mass is 16.6. The minimum absolute atomic E-state index is 0.0519. The van der Waals surface area contributed by atoms with Gasteiger partial charge in [0.25, 0.3) is 0 Å². The molecule has 1 aromatic heterocycles. The summed E-state index contributed by atoms with van der Waals surface area (Å²) in [6.07, 6.45) is 2.21. The summed E-state index contributed by atoms with van der Waals surface area (Å²) >= 11 is 0. The fourth-order valence-corrected chi connectivity index (χ4v) is 3.07. The molecule has 1 amide bonds. The van der Waals surface area contributed by atoms with Gasteiger partial charge in [-0.05, 0) is 20.8 Å². The van der Waals surface area contributed by atoms with Gasteiger partial charge in [-0.3, -0.25) is 0 Å². The Labute approximate surface area is 148 Å². The smallest absolute Gasteiger partial charge is 0.410 e. The van der Waals surface area contributed by atoms with Crippen LogP contribution in [-0.2, 0) is 17.7 Å². The lowest BCUT2D eigenvalue weighted by Gasteiger charge is -2.34. The summed E-state index contributed by atoms with van der Waals surface area (Å²) < 4.78 is 5.44. The second kappa shape index (κ2) is 7.13. The van der Waals surface area contributed by atoms with Crippen LogP contribution in [0.3, 0.4) is 0 Å². The third-order valence-corrected chi connectivity index (χ3v) is 4.33. The highest BCUT2D eigenvalue weighted by molar-refractivity contribution is 5.68. The third-order valence-electron chi connectivity index (χ3n) is 4.33. The molecule has 0 radical (unpaired) electrons. The van der Waals surface area contributed by atoms with Crippen molar-refractivity contribution in [2.75, 3.05) is 37.7 Å². The van der Waals surface area contributed by atoms with Crippen LogP contribution in [0, 0.1) is 0 Å². The average Bonchev–Trinajstić information content (AvgIpc) is 2.59. The van der Waals surface area contributed by atoms with Gasteiger partial charge in [-0.25, -0.2) is 14.8 Å². The number of aliphatic hydroxyl groups is 1.